The molecular formula is C18H16ClF2N5O3. The van der Waals surface area contributed by atoms with Crippen molar-refractivity contribution in [2.45, 2.75) is 5.92 Å². The molecule has 11 heteroatoms. The second kappa shape index (κ2) is 8.93. The third-order valence-electron chi connectivity index (χ3n) is 3.80. The fourth-order valence-electron chi connectivity index (χ4n) is 2.34. The molecule has 0 radical (unpaired) electrons. The Morgan fingerprint density at radius 2 is 2.00 bits per heavy atom. The Hall–Kier alpha value is -3.11. The third-order valence-corrected chi connectivity index (χ3v) is 4.00. The van der Waals surface area contributed by atoms with E-state index in [0.29, 0.717) is 29.9 Å². The largest absolute Gasteiger partial charge is 0.490 e. The van der Waals surface area contributed by atoms with Gasteiger partial charge >= 0.3 is 11.8 Å². The van der Waals surface area contributed by atoms with Crippen molar-refractivity contribution in [3.05, 3.63) is 53.3 Å². The minimum atomic E-state index is -3.81. The number of nitrogens with one attached hydrogen (secondary N) is 2. The summed E-state index contributed by atoms with van der Waals surface area (Å²) in [6, 6.07) is 8.07. The molecule has 3 aromatic rings. The molecule has 0 spiro atoms. The maximum absolute atomic E-state index is 14.6. The second-order valence-corrected chi connectivity index (χ2v) is 6.20. The number of halogens is 3. The number of hydrogen-bond acceptors (Lipinski definition) is 7. The lowest BCUT2D eigenvalue weighted by molar-refractivity contribution is -0.146. The number of anilines is 1. The number of methoxy groups -OCH3 is 1. The van der Waals surface area contributed by atoms with Gasteiger partial charge in [-0.05, 0) is 30.3 Å². The number of carbonyl (C=O) groups is 1. The molecule has 3 rings (SSSR count). The first kappa shape index (κ1) is 20.6. The zero-order valence-electron chi connectivity index (χ0n) is 15.2. The molecule has 0 fully saturated rings. The minimum absolute atomic E-state index is 0.0547. The number of fused-ring (bicyclic) bond motifs is 1. The van der Waals surface area contributed by atoms with Gasteiger partial charge in [-0.1, -0.05) is 17.7 Å². The molecule has 0 aliphatic rings. The van der Waals surface area contributed by atoms with Gasteiger partial charge in [0.05, 0.1) is 18.3 Å². The number of rotatable bonds is 8. The number of amides is 1. The highest BCUT2D eigenvalue weighted by molar-refractivity contribution is 6.29. The van der Waals surface area contributed by atoms with E-state index in [-0.39, 0.29) is 11.0 Å². The van der Waals surface area contributed by atoms with Crippen molar-refractivity contribution in [2.75, 3.05) is 25.7 Å². The van der Waals surface area contributed by atoms with E-state index in [9.17, 15) is 13.6 Å². The normalized spacial score (nSPS) is 11.3. The Labute approximate surface area is 169 Å². The van der Waals surface area contributed by atoms with E-state index in [1.54, 1.807) is 6.07 Å². The third kappa shape index (κ3) is 5.04. The van der Waals surface area contributed by atoms with Gasteiger partial charge in [0.25, 0.3) is 0 Å². The van der Waals surface area contributed by atoms with Crippen molar-refractivity contribution in [2.24, 2.45) is 0 Å². The highest BCUT2D eigenvalue weighted by Crippen LogP contribution is 2.31. The second-order valence-electron chi connectivity index (χ2n) is 5.81. The van der Waals surface area contributed by atoms with Crippen LogP contribution in [-0.4, -0.2) is 41.4 Å². The molecule has 0 unspecified atom stereocenters. The Bertz CT molecular complexity index is 1000. The van der Waals surface area contributed by atoms with Crippen LogP contribution < -0.4 is 15.6 Å². The average Bonchev–Trinajstić information content (AvgIpc) is 2.72. The van der Waals surface area contributed by atoms with Gasteiger partial charge in [-0.2, -0.15) is 8.78 Å². The number of ether oxygens (including phenoxy) is 2. The van der Waals surface area contributed by atoms with Crippen LogP contribution in [0.4, 0.5) is 14.6 Å². The first-order valence-electron chi connectivity index (χ1n) is 8.35. The van der Waals surface area contributed by atoms with Gasteiger partial charge in [0.15, 0.2) is 11.0 Å². The molecule has 2 aromatic heterocycles. The van der Waals surface area contributed by atoms with E-state index in [1.807, 2.05) is 5.43 Å². The molecule has 152 valence electrons. The smallest absolute Gasteiger partial charge is 0.351 e. The molecule has 0 atom stereocenters. The van der Waals surface area contributed by atoms with Crippen molar-refractivity contribution in [1.29, 1.82) is 0 Å². The molecular weight excluding hydrogens is 408 g/mol. The van der Waals surface area contributed by atoms with E-state index in [1.165, 1.54) is 37.6 Å². The topological polar surface area (TPSA) is 98.3 Å². The molecule has 0 aliphatic carbocycles. The van der Waals surface area contributed by atoms with Crippen molar-refractivity contribution < 1.29 is 23.0 Å². The molecule has 2 heterocycles. The zero-order valence-corrected chi connectivity index (χ0v) is 15.9. The maximum atomic E-state index is 14.6. The van der Waals surface area contributed by atoms with Crippen molar-refractivity contribution in [1.82, 2.24) is 20.6 Å². The summed E-state index contributed by atoms with van der Waals surface area (Å²) in [4.78, 5) is 16.2. The number of benzene rings is 1. The van der Waals surface area contributed by atoms with Crippen molar-refractivity contribution in [3.63, 3.8) is 0 Å². The Balaban J connectivity index is 1.75. The monoisotopic (exact) mass is 423 g/mol. The molecule has 0 bridgehead atoms. The summed E-state index contributed by atoms with van der Waals surface area (Å²) in [5.41, 5.74) is 4.17. The lowest BCUT2D eigenvalue weighted by Crippen LogP contribution is -2.41. The molecule has 1 aromatic carbocycles. The standard InChI is InChI=1S/C18H16ClF2N5O3/c1-28-6-7-29-13-9-11-8-12(2-3-14(11)22-10-13)18(20,21)17(27)26-25-16-5-4-15(19)23-24-16/h2-5,8-10H,6-7H2,1H3,(H,24,25)(H,26,27). The van der Waals surface area contributed by atoms with Crippen molar-refractivity contribution in [3.8, 4) is 5.75 Å². The van der Waals surface area contributed by atoms with Crippen LogP contribution in [0.25, 0.3) is 10.9 Å². The molecule has 2 N–H and O–H groups in total. The van der Waals surface area contributed by atoms with E-state index < -0.39 is 17.4 Å². The molecule has 1 amide bonds. The Morgan fingerprint density at radius 1 is 1.17 bits per heavy atom. The number of aromatic nitrogens is 3. The van der Waals surface area contributed by atoms with Crippen LogP contribution >= 0.6 is 11.6 Å². The van der Waals surface area contributed by atoms with E-state index in [0.717, 1.165) is 6.07 Å². The SMILES string of the molecule is COCCOc1cnc2ccc(C(F)(F)C(=O)NNc3ccc(Cl)nn3)cc2c1. The predicted octanol–water partition coefficient (Wildman–Crippen LogP) is 2.94. The molecule has 8 nitrogen and oxygen atoms in total. The molecule has 0 saturated carbocycles. The fourth-order valence-corrected chi connectivity index (χ4v) is 2.44. The minimum Gasteiger partial charge on any atom is -0.490 e. The van der Waals surface area contributed by atoms with Crippen LogP contribution in [0.5, 0.6) is 5.75 Å². The number of pyridine rings is 1. The highest BCUT2D eigenvalue weighted by atomic mass is 35.5. The number of nitrogens with zero attached hydrogens (tertiary/aromatic N) is 3. The average molecular weight is 424 g/mol. The summed E-state index contributed by atoms with van der Waals surface area (Å²) in [6.45, 7) is 0.669. The van der Waals surface area contributed by atoms with Crippen LogP contribution in [0.3, 0.4) is 0 Å². The lowest BCUT2D eigenvalue weighted by Gasteiger charge is -2.17. The predicted molar refractivity (Wildman–Crippen MR) is 102 cm³/mol. The van der Waals surface area contributed by atoms with Gasteiger partial charge in [0, 0.05) is 18.1 Å². The quantitative estimate of drug-likeness (QED) is 0.424. The first-order valence-corrected chi connectivity index (χ1v) is 8.73. The van der Waals surface area contributed by atoms with Crippen LogP contribution in [0.1, 0.15) is 5.56 Å². The van der Waals surface area contributed by atoms with Gasteiger partial charge in [-0.3, -0.25) is 20.6 Å². The van der Waals surface area contributed by atoms with Gasteiger partial charge in [-0.15, -0.1) is 10.2 Å². The van der Waals surface area contributed by atoms with Crippen LogP contribution in [-0.2, 0) is 15.5 Å². The van der Waals surface area contributed by atoms with Crippen molar-refractivity contribution >= 4 is 34.2 Å². The summed E-state index contributed by atoms with van der Waals surface area (Å²) in [5, 5.41) is 7.67. The molecule has 29 heavy (non-hydrogen) atoms. The van der Waals surface area contributed by atoms with Crippen LogP contribution in [0, 0.1) is 0 Å². The zero-order chi connectivity index (χ0) is 20.9. The van der Waals surface area contributed by atoms with E-state index in [4.69, 9.17) is 21.1 Å². The van der Waals surface area contributed by atoms with E-state index in [2.05, 4.69) is 20.6 Å². The summed E-state index contributed by atoms with van der Waals surface area (Å²) >= 11 is 5.59. The Morgan fingerprint density at radius 3 is 2.72 bits per heavy atom. The molecule has 0 saturated heterocycles. The highest BCUT2D eigenvalue weighted by Gasteiger charge is 2.41. The van der Waals surface area contributed by atoms with Gasteiger partial charge in [0.1, 0.15) is 12.4 Å². The van der Waals surface area contributed by atoms with Crippen LogP contribution in [0.2, 0.25) is 5.15 Å². The van der Waals surface area contributed by atoms with Crippen LogP contribution in [0.15, 0.2) is 42.6 Å². The lowest BCUT2D eigenvalue weighted by atomic mass is 10.0. The number of alkyl halides is 2. The molecule has 0 aliphatic heterocycles. The first-order chi connectivity index (χ1) is 13.9. The summed E-state index contributed by atoms with van der Waals surface area (Å²) < 4.78 is 39.6. The summed E-state index contributed by atoms with van der Waals surface area (Å²) in [5.74, 6) is -4.91. The maximum Gasteiger partial charge on any atom is 0.351 e. The Kier molecular flexibility index (Phi) is 6.35. The number of hydrazine groups is 1. The summed E-state index contributed by atoms with van der Waals surface area (Å²) in [6.07, 6.45) is 1.49. The van der Waals surface area contributed by atoms with Gasteiger partial charge in [0.2, 0.25) is 0 Å². The van der Waals surface area contributed by atoms with E-state index >= 15 is 0 Å². The number of hydrogen-bond donors (Lipinski definition) is 2. The fraction of sp³-hybridized carbons (Fsp3) is 0.222. The van der Waals surface area contributed by atoms with Gasteiger partial charge < -0.3 is 9.47 Å². The van der Waals surface area contributed by atoms with Gasteiger partial charge in [-0.25, -0.2) is 0 Å². The summed E-state index contributed by atoms with van der Waals surface area (Å²) in [7, 11) is 1.54. The number of carbonyl (C=O) groups excluding carboxylic acids is 1.